The lowest BCUT2D eigenvalue weighted by molar-refractivity contribution is -0.119. The van der Waals surface area contributed by atoms with Gasteiger partial charge in [0.2, 0.25) is 0 Å². The van der Waals surface area contributed by atoms with E-state index in [4.69, 9.17) is 0 Å². The normalized spacial score (nSPS) is 14.8. The molecular weight excluding hydrogens is 374 g/mol. The molecule has 0 unspecified atom stereocenters. The lowest BCUT2D eigenvalue weighted by Gasteiger charge is -2.15. The van der Waals surface area contributed by atoms with Crippen LogP contribution in [0.5, 0.6) is 0 Å². The summed E-state index contributed by atoms with van der Waals surface area (Å²) in [6.45, 7) is 1.97. The average Bonchev–Trinajstić information content (AvgIpc) is 2.79. The minimum atomic E-state index is -0.268. The van der Waals surface area contributed by atoms with Crippen molar-refractivity contribution in [3.63, 3.8) is 0 Å². The Bertz CT molecular complexity index is 802. The second-order valence-electron chi connectivity index (χ2n) is 4.93. The van der Waals surface area contributed by atoms with Gasteiger partial charge in [-0.25, -0.2) is 4.90 Å². The molecule has 1 heterocycles. The maximum Gasteiger partial charge on any atom is 0.272 e. The van der Waals surface area contributed by atoms with Gasteiger partial charge in [0.1, 0.15) is 0 Å². The van der Waals surface area contributed by atoms with E-state index in [1.54, 1.807) is 12.1 Å². The molecule has 0 fully saturated rings. The minimum absolute atomic E-state index is 0.251. The second-order valence-corrected chi connectivity index (χ2v) is 7.12. The van der Waals surface area contributed by atoms with Crippen molar-refractivity contribution < 1.29 is 9.59 Å². The standard InChI is InChI=1S/C18H14BrNO2S/c1-2-23-16-15(12-7-4-3-5-8-12)17(21)20(18(16)22)14-10-6-9-13(19)11-14/h3-11H,2H2,1H3. The first-order chi connectivity index (χ1) is 11.1. The Hall–Kier alpha value is -1.85. The summed E-state index contributed by atoms with van der Waals surface area (Å²) in [4.78, 5) is 27.5. The van der Waals surface area contributed by atoms with Crippen LogP contribution in [0.1, 0.15) is 12.5 Å². The summed E-state index contributed by atoms with van der Waals surface area (Å²) in [6.07, 6.45) is 0. The summed E-state index contributed by atoms with van der Waals surface area (Å²) in [5.41, 5.74) is 1.84. The van der Waals surface area contributed by atoms with Crippen molar-refractivity contribution >= 4 is 50.8 Å². The van der Waals surface area contributed by atoms with Crippen molar-refractivity contribution in [2.45, 2.75) is 6.92 Å². The zero-order valence-electron chi connectivity index (χ0n) is 12.5. The summed E-state index contributed by atoms with van der Waals surface area (Å²) in [5, 5.41) is 0. The topological polar surface area (TPSA) is 37.4 Å². The molecule has 0 atom stereocenters. The zero-order chi connectivity index (χ0) is 16.4. The van der Waals surface area contributed by atoms with Crippen molar-refractivity contribution in [3.05, 3.63) is 69.5 Å². The van der Waals surface area contributed by atoms with Gasteiger partial charge in [-0.3, -0.25) is 9.59 Å². The quantitative estimate of drug-likeness (QED) is 0.725. The van der Waals surface area contributed by atoms with Crippen LogP contribution in [0, 0.1) is 0 Å². The van der Waals surface area contributed by atoms with Crippen LogP contribution in [0.4, 0.5) is 5.69 Å². The van der Waals surface area contributed by atoms with Crippen molar-refractivity contribution in [1.29, 1.82) is 0 Å². The van der Waals surface area contributed by atoms with E-state index >= 15 is 0 Å². The molecule has 0 saturated heterocycles. The summed E-state index contributed by atoms with van der Waals surface area (Å²) in [5.74, 6) is 0.214. The van der Waals surface area contributed by atoms with Gasteiger partial charge in [0.05, 0.1) is 16.2 Å². The Morgan fingerprint density at radius 2 is 1.74 bits per heavy atom. The van der Waals surface area contributed by atoms with Gasteiger partial charge >= 0.3 is 0 Å². The van der Waals surface area contributed by atoms with Gasteiger partial charge in [-0.2, -0.15) is 0 Å². The Morgan fingerprint density at radius 3 is 2.39 bits per heavy atom. The molecule has 116 valence electrons. The van der Waals surface area contributed by atoms with E-state index in [-0.39, 0.29) is 11.8 Å². The monoisotopic (exact) mass is 387 g/mol. The fourth-order valence-electron chi connectivity index (χ4n) is 2.50. The van der Waals surface area contributed by atoms with Crippen LogP contribution in [-0.4, -0.2) is 17.6 Å². The number of amides is 2. The maximum absolute atomic E-state index is 12.9. The molecule has 2 aromatic rings. The molecule has 0 aromatic heterocycles. The number of halogens is 1. The minimum Gasteiger partial charge on any atom is -0.268 e. The Kier molecular flexibility index (Phi) is 4.68. The number of hydrogen-bond acceptors (Lipinski definition) is 3. The number of anilines is 1. The lowest BCUT2D eigenvalue weighted by Crippen LogP contribution is -2.31. The smallest absolute Gasteiger partial charge is 0.268 e. The average molecular weight is 388 g/mol. The van der Waals surface area contributed by atoms with Crippen LogP contribution in [0.2, 0.25) is 0 Å². The van der Waals surface area contributed by atoms with E-state index in [0.29, 0.717) is 16.2 Å². The predicted molar refractivity (Wildman–Crippen MR) is 98.1 cm³/mol. The maximum atomic E-state index is 12.9. The molecule has 0 saturated carbocycles. The second kappa shape index (κ2) is 6.72. The molecule has 0 aliphatic carbocycles. The summed E-state index contributed by atoms with van der Waals surface area (Å²) in [6, 6.07) is 16.6. The third kappa shape index (κ3) is 2.99. The van der Waals surface area contributed by atoms with Gasteiger partial charge in [-0.1, -0.05) is 59.3 Å². The molecule has 0 bridgehead atoms. The first-order valence-electron chi connectivity index (χ1n) is 7.20. The van der Waals surface area contributed by atoms with E-state index < -0.39 is 0 Å². The molecule has 1 aliphatic heterocycles. The summed E-state index contributed by atoms with van der Waals surface area (Å²) < 4.78 is 0.827. The van der Waals surface area contributed by atoms with Gasteiger partial charge in [-0.15, -0.1) is 11.8 Å². The molecule has 3 rings (SSSR count). The largest absolute Gasteiger partial charge is 0.272 e. The number of carbonyl (C=O) groups is 2. The van der Waals surface area contributed by atoms with Crippen LogP contribution >= 0.6 is 27.7 Å². The Morgan fingerprint density at radius 1 is 1.00 bits per heavy atom. The molecular formula is C18H14BrNO2S. The van der Waals surface area contributed by atoms with Crippen molar-refractivity contribution in [2.24, 2.45) is 0 Å². The number of hydrogen-bond donors (Lipinski definition) is 0. The fourth-order valence-corrected chi connectivity index (χ4v) is 3.74. The third-order valence-corrected chi connectivity index (χ3v) is 4.91. The molecule has 0 radical (unpaired) electrons. The summed E-state index contributed by atoms with van der Waals surface area (Å²) in [7, 11) is 0. The number of rotatable bonds is 4. The zero-order valence-corrected chi connectivity index (χ0v) is 14.9. The van der Waals surface area contributed by atoms with E-state index in [9.17, 15) is 9.59 Å². The van der Waals surface area contributed by atoms with Gasteiger partial charge in [0.15, 0.2) is 0 Å². The molecule has 0 N–H and O–H groups in total. The van der Waals surface area contributed by atoms with Crippen LogP contribution < -0.4 is 4.90 Å². The first kappa shape index (κ1) is 16.0. The molecule has 2 amide bonds. The van der Waals surface area contributed by atoms with Crippen LogP contribution in [0.3, 0.4) is 0 Å². The Balaban J connectivity index is 2.10. The van der Waals surface area contributed by atoms with Crippen molar-refractivity contribution in [3.8, 4) is 0 Å². The van der Waals surface area contributed by atoms with Crippen LogP contribution in [0.25, 0.3) is 5.57 Å². The number of benzene rings is 2. The van der Waals surface area contributed by atoms with E-state index in [1.807, 2.05) is 49.4 Å². The van der Waals surface area contributed by atoms with Crippen LogP contribution in [0.15, 0.2) is 64.0 Å². The molecule has 5 heteroatoms. The van der Waals surface area contributed by atoms with E-state index in [0.717, 1.165) is 15.8 Å². The molecule has 23 heavy (non-hydrogen) atoms. The number of carbonyl (C=O) groups excluding carboxylic acids is 2. The molecule has 2 aromatic carbocycles. The van der Waals surface area contributed by atoms with Crippen molar-refractivity contribution in [1.82, 2.24) is 0 Å². The highest BCUT2D eigenvalue weighted by molar-refractivity contribution is 9.10. The highest BCUT2D eigenvalue weighted by atomic mass is 79.9. The number of imide groups is 1. The van der Waals surface area contributed by atoms with Crippen molar-refractivity contribution in [2.75, 3.05) is 10.7 Å². The van der Waals surface area contributed by atoms with Crippen LogP contribution in [-0.2, 0) is 9.59 Å². The highest BCUT2D eigenvalue weighted by Gasteiger charge is 2.39. The SMILES string of the molecule is CCSC1=C(c2ccccc2)C(=O)N(c2cccc(Br)c2)C1=O. The predicted octanol–water partition coefficient (Wildman–Crippen LogP) is 4.49. The summed E-state index contributed by atoms with van der Waals surface area (Å²) >= 11 is 4.80. The molecule has 3 nitrogen and oxygen atoms in total. The number of thioether (sulfide) groups is 1. The lowest BCUT2D eigenvalue weighted by atomic mass is 10.1. The third-order valence-electron chi connectivity index (χ3n) is 3.46. The molecule has 0 spiro atoms. The Labute approximate surface area is 147 Å². The van der Waals surface area contributed by atoms with E-state index in [1.165, 1.54) is 16.7 Å². The molecule has 1 aliphatic rings. The van der Waals surface area contributed by atoms with Gasteiger partial charge in [-0.05, 0) is 29.5 Å². The first-order valence-corrected chi connectivity index (χ1v) is 8.98. The van der Waals surface area contributed by atoms with E-state index in [2.05, 4.69) is 15.9 Å². The van der Waals surface area contributed by atoms with Gasteiger partial charge in [0, 0.05) is 4.47 Å². The highest BCUT2D eigenvalue weighted by Crippen LogP contribution is 2.38. The number of nitrogens with zero attached hydrogens (tertiary/aromatic N) is 1. The van der Waals surface area contributed by atoms with Gasteiger partial charge < -0.3 is 0 Å². The fraction of sp³-hybridized carbons (Fsp3) is 0.111. The van der Waals surface area contributed by atoms with Gasteiger partial charge in [0.25, 0.3) is 11.8 Å².